The van der Waals surface area contributed by atoms with Crippen LogP contribution in [0.5, 0.6) is 0 Å². The molecular formula is C19H30N2O. The highest BCUT2D eigenvalue weighted by molar-refractivity contribution is 5.83. The van der Waals surface area contributed by atoms with Crippen molar-refractivity contribution < 1.29 is 4.79 Å². The lowest BCUT2D eigenvalue weighted by Gasteiger charge is -2.46. The Morgan fingerprint density at radius 3 is 2.23 bits per heavy atom. The third kappa shape index (κ3) is 4.33. The first-order chi connectivity index (χ1) is 10.2. The first-order valence-electron chi connectivity index (χ1n) is 8.37. The minimum Gasteiger partial charge on any atom is -0.353 e. The molecule has 22 heavy (non-hydrogen) atoms. The third-order valence-electron chi connectivity index (χ3n) is 4.46. The van der Waals surface area contributed by atoms with Crippen molar-refractivity contribution in [3.63, 3.8) is 0 Å². The van der Waals surface area contributed by atoms with Gasteiger partial charge in [0, 0.05) is 17.1 Å². The summed E-state index contributed by atoms with van der Waals surface area (Å²) in [6.45, 7) is 10.9. The predicted molar refractivity (Wildman–Crippen MR) is 91.9 cm³/mol. The molecule has 0 spiro atoms. The second-order valence-corrected chi connectivity index (χ2v) is 7.88. The molecule has 122 valence electrons. The maximum Gasteiger partial charge on any atom is 0.227 e. The molecule has 3 heteroatoms. The second kappa shape index (κ2) is 6.41. The molecule has 0 saturated carbocycles. The summed E-state index contributed by atoms with van der Waals surface area (Å²) in [5.74, 6) is 0.106. The number of piperidine rings is 1. The van der Waals surface area contributed by atoms with Gasteiger partial charge in [-0.15, -0.1) is 0 Å². The number of benzene rings is 1. The number of carbonyl (C=O) groups is 1. The zero-order valence-electron chi connectivity index (χ0n) is 14.6. The topological polar surface area (TPSA) is 41.1 Å². The minimum absolute atomic E-state index is 0.0498. The summed E-state index contributed by atoms with van der Waals surface area (Å²) >= 11 is 0. The normalized spacial score (nSPS) is 22.0. The lowest BCUT2D eigenvalue weighted by atomic mass is 9.79. The van der Waals surface area contributed by atoms with Crippen LogP contribution in [0.4, 0.5) is 0 Å². The summed E-state index contributed by atoms with van der Waals surface area (Å²) in [5, 5.41) is 6.96. The van der Waals surface area contributed by atoms with E-state index in [-0.39, 0.29) is 28.9 Å². The van der Waals surface area contributed by atoms with Crippen LogP contribution >= 0.6 is 0 Å². The SMILES string of the molecule is CC[C@H](C(=O)NC1CC(C)(C)NC(C)(C)C1)c1ccccc1. The van der Waals surface area contributed by atoms with E-state index in [1.807, 2.05) is 30.3 Å². The first-order valence-corrected chi connectivity index (χ1v) is 8.37. The van der Waals surface area contributed by atoms with Crippen molar-refractivity contribution in [2.45, 2.75) is 76.9 Å². The number of rotatable bonds is 4. The van der Waals surface area contributed by atoms with E-state index in [0.29, 0.717) is 0 Å². The van der Waals surface area contributed by atoms with Crippen LogP contribution in [0.1, 0.15) is 65.4 Å². The molecule has 1 aromatic carbocycles. The zero-order chi connectivity index (χ0) is 16.4. The quantitative estimate of drug-likeness (QED) is 0.892. The van der Waals surface area contributed by atoms with Crippen LogP contribution in [0, 0.1) is 0 Å². The van der Waals surface area contributed by atoms with Gasteiger partial charge < -0.3 is 10.6 Å². The molecular weight excluding hydrogens is 272 g/mol. The lowest BCUT2D eigenvalue weighted by molar-refractivity contribution is -0.123. The highest BCUT2D eigenvalue weighted by Gasteiger charge is 2.38. The van der Waals surface area contributed by atoms with E-state index in [0.717, 1.165) is 24.8 Å². The maximum atomic E-state index is 12.7. The van der Waals surface area contributed by atoms with Crippen LogP contribution in [-0.4, -0.2) is 23.0 Å². The molecule has 2 N–H and O–H groups in total. The van der Waals surface area contributed by atoms with Crippen LogP contribution in [0.3, 0.4) is 0 Å². The van der Waals surface area contributed by atoms with Gasteiger partial charge in [-0.2, -0.15) is 0 Å². The van der Waals surface area contributed by atoms with Gasteiger partial charge in [0.1, 0.15) is 0 Å². The second-order valence-electron chi connectivity index (χ2n) is 7.88. The van der Waals surface area contributed by atoms with E-state index < -0.39 is 0 Å². The average molecular weight is 302 g/mol. The fourth-order valence-corrected chi connectivity index (χ4v) is 3.98. The summed E-state index contributed by atoms with van der Waals surface area (Å²) in [6, 6.07) is 10.3. The highest BCUT2D eigenvalue weighted by atomic mass is 16.1. The van der Waals surface area contributed by atoms with E-state index in [2.05, 4.69) is 45.3 Å². The van der Waals surface area contributed by atoms with Crippen LogP contribution in [-0.2, 0) is 4.79 Å². The van der Waals surface area contributed by atoms with Crippen LogP contribution < -0.4 is 10.6 Å². The summed E-state index contributed by atoms with van der Waals surface area (Å²) in [6.07, 6.45) is 2.76. The fraction of sp³-hybridized carbons (Fsp3) is 0.632. The first kappa shape index (κ1) is 17.0. The molecule has 0 unspecified atom stereocenters. The summed E-state index contributed by atoms with van der Waals surface area (Å²) in [7, 11) is 0. The molecule has 1 fully saturated rings. The molecule has 0 aliphatic carbocycles. The molecule has 1 atom stereocenters. The highest BCUT2D eigenvalue weighted by Crippen LogP contribution is 2.29. The Morgan fingerprint density at radius 1 is 1.18 bits per heavy atom. The van der Waals surface area contributed by atoms with Crippen LogP contribution in [0.15, 0.2) is 30.3 Å². The summed E-state index contributed by atoms with van der Waals surface area (Å²) in [5.41, 5.74) is 1.21. The van der Waals surface area contributed by atoms with Gasteiger partial charge in [-0.05, 0) is 52.5 Å². The van der Waals surface area contributed by atoms with Gasteiger partial charge in [-0.25, -0.2) is 0 Å². The number of nitrogens with one attached hydrogen (secondary N) is 2. The smallest absolute Gasteiger partial charge is 0.227 e. The van der Waals surface area contributed by atoms with Gasteiger partial charge in [-0.1, -0.05) is 37.3 Å². The number of hydrogen-bond donors (Lipinski definition) is 2. The van der Waals surface area contributed by atoms with Crippen molar-refractivity contribution in [1.29, 1.82) is 0 Å². The Hall–Kier alpha value is -1.35. The predicted octanol–water partition coefficient (Wildman–Crippen LogP) is 3.61. The summed E-state index contributed by atoms with van der Waals surface area (Å²) < 4.78 is 0. The van der Waals surface area contributed by atoms with Gasteiger partial charge in [0.15, 0.2) is 0 Å². The Bertz CT molecular complexity index is 491. The minimum atomic E-state index is -0.0534. The molecule has 1 heterocycles. The zero-order valence-corrected chi connectivity index (χ0v) is 14.6. The van der Waals surface area contributed by atoms with Crippen LogP contribution in [0.25, 0.3) is 0 Å². The fourth-order valence-electron chi connectivity index (χ4n) is 3.98. The molecule has 1 aliphatic rings. The molecule has 2 rings (SSSR count). The van der Waals surface area contributed by atoms with E-state index in [9.17, 15) is 4.79 Å². The van der Waals surface area contributed by atoms with Crippen molar-refractivity contribution in [3.8, 4) is 0 Å². The molecule has 0 radical (unpaired) electrons. The van der Waals surface area contributed by atoms with Crippen LogP contribution in [0.2, 0.25) is 0 Å². The number of amides is 1. The van der Waals surface area contributed by atoms with Crippen molar-refractivity contribution in [3.05, 3.63) is 35.9 Å². The number of hydrogen-bond acceptors (Lipinski definition) is 2. The maximum absolute atomic E-state index is 12.7. The van der Waals surface area contributed by atoms with Gasteiger partial charge in [0.05, 0.1) is 5.92 Å². The van der Waals surface area contributed by atoms with E-state index >= 15 is 0 Å². The van der Waals surface area contributed by atoms with Gasteiger partial charge >= 0.3 is 0 Å². The van der Waals surface area contributed by atoms with Crippen molar-refractivity contribution in [2.75, 3.05) is 0 Å². The molecule has 1 amide bonds. The number of carbonyl (C=O) groups excluding carboxylic acids is 1. The Kier molecular flexibility index (Phi) is 4.96. The van der Waals surface area contributed by atoms with Crippen molar-refractivity contribution in [2.24, 2.45) is 0 Å². The van der Waals surface area contributed by atoms with Gasteiger partial charge in [0.25, 0.3) is 0 Å². The average Bonchev–Trinajstić information content (AvgIpc) is 2.36. The van der Waals surface area contributed by atoms with E-state index in [4.69, 9.17) is 0 Å². The Morgan fingerprint density at radius 2 is 1.73 bits per heavy atom. The Labute approximate surface area is 134 Å². The monoisotopic (exact) mass is 302 g/mol. The summed E-state index contributed by atoms with van der Waals surface area (Å²) in [4.78, 5) is 12.7. The largest absolute Gasteiger partial charge is 0.353 e. The Balaban J connectivity index is 2.07. The standard InChI is InChI=1S/C19H30N2O/c1-6-16(14-10-8-7-9-11-14)17(22)20-15-12-18(2,3)21-19(4,5)13-15/h7-11,15-16,21H,6,12-13H2,1-5H3,(H,20,22)/t16-/m0/s1. The van der Waals surface area contributed by atoms with Gasteiger partial charge in [0.2, 0.25) is 5.91 Å². The van der Waals surface area contributed by atoms with Gasteiger partial charge in [-0.3, -0.25) is 4.79 Å². The molecule has 1 aliphatic heterocycles. The molecule has 3 nitrogen and oxygen atoms in total. The van der Waals surface area contributed by atoms with E-state index in [1.165, 1.54) is 0 Å². The van der Waals surface area contributed by atoms with Crippen molar-refractivity contribution in [1.82, 2.24) is 10.6 Å². The lowest BCUT2D eigenvalue weighted by Crippen LogP contribution is -2.62. The van der Waals surface area contributed by atoms with E-state index in [1.54, 1.807) is 0 Å². The molecule has 1 saturated heterocycles. The molecule has 1 aromatic rings. The molecule has 0 aromatic heterocycles. The third-order valence-corrected chi connectivity index (χ3v) is 4.46. The molecule has 0 bridgehead atoms. The van der Waals surface area contributed by atoms with Crippen molar-refractivity contribution >= 4 is 5.91 Å².